The van der Waals surface area contributed by atoms with E-state index in [1.807, 2.05) is 87.5 Å². The zero-order valence-electron chi connectivity index (χ0n) is 19.9. The number of carbonyl (C=O) groups excluding carboxylic acids is 2. The lowest BCUT2D eigenvalue weighted by Gasteiger charge is -2.31. The number of hydrogen-bond acceptors (Lipinski definition) is 3. The first-order valence-electron chi connectivity index (χ1n) is 11.4. The van der Waals surface area contributed by atoms with Gasteiger partial charge in [0, 0.05) is 24.5 Å². The third kappa shape index (κ3) is 7.35. The summed E-state index contributed by atoms with van der Waals surface area (Å²) in [5, 5.41) is 3.47. The summed E-state index contributed by atoms with van der Waals surface area (Å²) in [7, 11) is 0. The van der Waals surface area contributed by atoms with Crippen LogP contribution in [0, 0.1) is 13.8 Å². The van der Waals surface area contributed by atoms with Crippen molar-refractivity contribution >= 4 is 23.4 Å². The van der Waals surface area contributed by atoms with Crippen LogP contribution in [0.5, 0.6) is 5.75 Å². The van der Waals surface area contributed by atoms with E-state index in [9.17, 15) is 9.59 Å². The minimum Gasteiger partial charge on any atom is -0.484 e. The molecule has 0 fully saturated rings. The molecule has 1 unspecified atom stereocenters. The number of carbonyl (C=O) groups is 2. The van der Waals surface area contributed by atoms with Gasteiger partial charge in [-0.3, -0.25) is 9.59 Å². The van der Waals surface area contributed by atoms with Crippen LogP contribution in [0.2, 0.25) is 5.02 Å². The summed E-state index contributed by atoms with van der Waals surface area (Å²) in [5.74, 6) is 0.158. The highest BCUT2D eigenvalue weighted by Gasteiger charge is 2.30. The van der Waals surface area contributed by atoms with Crippen molar-refractivity contribution in [3.8, 4) is 5.75 Å². The summed E-state index contributed by atoms with van der Waals surface area (Å²) >= 11 is 6.19. The van der Waals surface area contributed by atoms with E-state index >= 15 is 0 Å². The Morgan fingerprint density at radius 1 is 0.941 bits per heavy atom. The average molecular weight is 479 g/mol. The van der Waals surface area contributed by atoms with E-state index in [-0.39, 0.29) is 25.0 Å². The number of hydrogen-bond donors (Lipinski definition) is 1. The molecule has 1 N–H and O–H groups in total. The van der Waals surface area contributed by atoms with Crippen LogP contribution >= 0.6 is 11.6 Å². The number of likely N-dealkylation sites (N-methyl/N-ethyl adjacent to an activating group) is 1. The molecule has 0 spiro atoms. The lowest BCUT2D eigenvalue weighted by Crippen LogP contribution is -2.51. The van der Waals surface area contributed by atoms with Gasteiger partial charge in [-0.25, -0.2) is 0 Å². The summed E-state index contributed by atoms with van der Waals surface area (Å²) in [5.41, 5.74) is 3.93. The minimum absolute atomic E-state index is 0.172. The maximum Gasteiger partial charge on any atom is 0.261 e. The quantitative estimate of drug-likeness (QED) is 0.440. The van der Waals surface area contributed by atoms with Crippen LogP contribution in [0.4, 0.5) is 0 Å². The van der Waals surface area contributed by atoms with E-state index in [1.54, 1.807) is 11.0 Å². The normalized spacial score (nSPS) is 11.5. The largest absolute Gasteiger partial charge is 0.484 e. The van der Waals surface area contributed by atoms with E-state index < -0.39 is 6.04 Å². The Balaban J connectivity index is 1.90. The molecule has 0 aromatic heterocycles. The lowest BCUT2D eigenvalue weighted by molar-refractivity contribution is -0.142. The van der Waals surface area contributed by atoms with Gasteiger partial charge in [0.05, 0.1) is 0 Å². The molecular weight excluding hydrogens is 448 g/mol. The number of aryl methyl sites for hydroxylation is 2. The molecule has 2 amide bonds. The van der Waals surface area contributed by atoms with E-state index in [0.29, 0.717) is 23.7 Å². The topological polar surface area (TPSA) is 58.6 Å². The first kappa shape index (κ1) is 25.3. The number of amides is 2. The second-order valence-electron chi connectivity index (χ2n) is 8.36. The smallest absolute Gasteiger partial charge is 0.261 e. The Bertz CT molecular complexity index is 1100. The number of rotatable bonds is 10. The summed E-state index contributed by atoms with van der Waals surface area (Å²) < 4.78 is 5.86. The van der Waals surface area contributed by atoms with Crippen LogP contribution in [0.1, 0.15) is 29.2 Å². The third-order valence-corrected chi connectivity index (χ3v) is 5.66. The molecule has 3 aromatic carbocycles. The molecule has 0 bridgehead atoms. The van der Waals surface area contributed by atoms with Crippen molar-refractivity contribution in [1.82, 2.24) is 10.2 Å². The Morgan fingerprint density at radius 2 is 1.62 bits per heavy atom. The molecule has 0 heterocycles. The molecule has 3 rings (SSSR count). The molecule has 6 heteroatoms. The van der Waals surface area contributed by atoms with E-state index in [0.717, 1.165) is 22.3 Å². The molecule has 0 radical (unpaired) electrons. The van der Waals surface area contributed by atoms with E-state index in [2.05, 4.69) is 5.32 Å². The first-order chi connectivity index (χ1) is 16.4. The average Bonchev–Trinajstić information content (AvgIpc) is 2.80. The number of benzene rings is 3. The second kappa shape index (κ2) is 12.2. The molecule has 1 atom stereocenters. The highest BCUT2D eigenvalue weighted by molar-refractivity contribution is 6.30. The Hall–Kier alpha value is -3.31. The SMILES string of the molecule is CCNC(=O)C(Cc1ccccc1)N(Cc1cccc(Cl)c1)C(=O)COc1cc(C)cc(C)c1. The van der Waals surface area contributed by atoms with Gasteiger partial charge in [-0.05, 0) is 67.3 Å². The zero-order valence-corrected chi connectivity index (χ0v) is 20.6. The van der Waals surface area contributed by atoms with Crippen LogP contribution in [-0.2, 0) is 22.6 Å². The highest BCUT2D eigenvalue weighted by Crippen LogP contribution is 2.19. The first-order valence-corrected chi connectivity index (χ1v) is 11.8. The van der Waals surface area contributed by atoms with Gasteiger partial charge in [0.25, 0.3) is 5.91 Å². The van der Waals surface area contributed by atoms with Gasteiger partial charge in [-0.15, -0.1) is 0 Å². The van der Waals surface area contributed by atoms with Crippen molar-refractivity contribution in [3.63, 3.8) is 0 Å². The van der Waals surface area contributed by atoms with Gasteiger partial charge >= 0.3 is 0 Å². The van der Waals surface area contributed by atoms with Crippen molar-refractivity contribution in [2.24, 2.45) is 0 Å². The molecule has 178 valence electrons. The van der Waals surface area contributed by atoms with Crippen LogP contribution in [0.25, 0.3) is 0 Å². The molecule has 0 saturated heterocycles. The Morgan fingerprint density at radius 3 is 2.26 bits per heavy atom. The van der Waals surface area contributed by atoms with Crippen molar-refractivity contribution < 1.29 is 14.3 Å². The maximum absolute atomic E-state index is 13.5. The predicted octanol–water partition coefficient (Wildman–Crippen LogP) is 5.11. The highest BCUT2D eigenvalue weighted by atomic mass is 35.5. The van der Waals surface area contributed by atoms with Gasteiger partial charge in [0.2, 0.25) is 5.91 Å². The predicted molar refractivity (Wildman–Crippen MR) is 136 cm³/mol. The molecule has 34 heavy (non-hydrogen) atoms. The molecule has 0 aliphatic rings. The molecule has 0 saturated carbocycles. The van der Waals surface area contributed by atoms with Gasteiger partial charge in [0.1, 0.15) is 11.8 Å². The number of nitrogens with zero attached hydrogens (tertiary/aromatic N) is 1. The standard InChI is InChI=1S/C28H31ClN2O3/c1-4-30-28(33)26(17-22-9-6-5-7-10-22)31(18-23-11-8-12-24(29)16-23)27(32)19-34-25-14-20(2)13-21(3)15-25/h5-16,26H,4,17-19H2,1-3H3,(H,30,33). The van der Waals surface area contributed by atoms with Gasteiger partial charge < -0.3 is 15.0 Å². The van der Waals surface area contributed by atoms with Crippen LogP contribution in [0.15, 0.2) is 72.8 Å². The van der Waals surface area contributed by atoms with Crippen LogP contribution < -0.4 is 10.1 Å². The van der Waals surface area contributed by atoms with Gasteiger partial charge in [-0.2, -0.15) is 0 Å². The fraction of sp³-hybridized carbons (Fsp3) is 0.286. The van der Waals surface area contributed by atoms with E-state index in [4.69, 9.17) is 16.3 Å². The molecule has 0 aliphatic carbocycles. The Labute approximate surface area is 206 Å². The number of nitrogens with one attached hydrogen (secondary N) is 1. The number of ether oxygens (including phenoxy) is 1. The molecule has 3 aromatic rings. The summed E-state index contributed by atoms with van der Waals surface area (Å²) in [6, 6.07) is 22.2. The van der Waals surface area contributed by atoms with Crippen molar-refractivity contribution in [3.05, 3.63) is 100 Å². The van der Waals surface area contributed by atoms with Gasteiger partial charge in [0.15, 0.2) is 6.61 Å². The van der Waals surface area contributed by atoms with Gasteiger partial charge in [-0.1, -0.05) is 60.1 Å². The zero-order chi connectivity index (χ0) is 24.5. The maximum atomic E-state index is 13.5. The fourth-order valence-electron chi connectivity index (χ4n) is 3.92. The minimum atomic E-state index is -0.698. The van der Waals surface area contributed by atoms with Crippen molar-refractivity contribution in [2.45, 2.75) is 39.8 Å². The summed E-state index contributed by atoms with van der Waals surface area (Å²) in [6.45, 7) is 6.38. The van der Waals surface area contributed by atoms with Crippen LogP contribution in [-0.4, -0.2) is 35.9 Å². The fourth-order valence-corrected chi connectivity index (χ4v) is 4.14. The Kier molecular flexibility index (Phi) is 9.11. The van der Waals surface area contributed by atoms with Crippen molar-refractivity contribution in [1.29, 1.82) is 0 Å². The van der Waals surface area contributed by atoms with Crippen molar-refractivity contribution in [2.75, 3.05) is 13.2 Å². The molecule has 0 aliphatic heterocycles. The van der Waals surface area contributed by atoms with E-state index in [1.165, 1.54) is 0 Å². The summed E-state index contributed by atoms with van der Waals surface area (Å²) in [4.78, 5) is 28.2. The molecule has 5 nitrogen and oxygen atoms in total. The number of halogens is 1. The lowest BCUT2D eigenvalue weighted by atomic mass is 10.0. The molecular formula is C28H31ClN2O3. The second-order valence-corrected chi connectivity index (χ2v) is 8.80. The third-order valence-electron chi connectivity index (χ3n) is 5.42. The monoisotopic (exact) mass is 478 g/mol. The van der Waals surface area contributed by atoms with Crippen LogP contribution in [0.3, 0.4) is 0 Å². The summed E-state index contributed by atoms with van der Waals surface area (Å²) in [6.07, 6.45) is 0.391.